The van der Waals surface area contributed by atoms with Crippen molar-refractivity contribution in [1.29, 1.82) is 0 Å². The maximum absolute atomic E-state index is 12.7. The maximum atomic E-state index is 12.7. The first-order valence-electron chi connectivity index (χ1n) is 9.30. The standard InChI is InChI=1S/C21H23BrN2O3/c1-14(15-3-8-18-19(13-15)27-12-11-26-18)23-20(25)24-21(9-2-10-21)16-4-6-17(22)7-5-16/h3-8,13-14H,2,9-12H2,1H3,(H2,23,24,25)/t14-/m0/s1. The molecule has 0 bridgehead atoms. The molecule has 1 atom stereocenters. The van der Waals surface area contributed by atoms with E-state index in [2.05, 4.69) is 38.7 Å². The molecule has 1 aliphatic carbocycles. The molecule has 1 heterocycles. The summed E-state index contributed by atoms with van der Waals surface area (Å²) in [5.74, 6) is 1.49. The number of nitrogens with one attached hydrogen (secondary N) is 2. The highest BCUT2D eigenvalue weighted by molar-refractivity contribution is 9.10. The predicted octanol–water partition coefficient (Wildman–Crippen LogP) is 4.66. The van der Waals surface area contributed by atoms with Gasteiger partial charge < -0.3 is 20.1 Å². The minimum atomic E-state index is -0.267. The number of fused-ring (bicyclic) bond motifs is 1. The Bertz CT molecular complexity index is 834. The van der Waals surface area contributed by atoms with Crippen molar-refractivity contribution in [1.82, 2.24) is 10.6 Å². The predicted molar refractivity (Wildman–Crippen MR) is 107 cm³/mol. The fourth-order valence-corrected chi connectivity index (χ4v) is 3.91. The Morgan fingerprint density at radius 1 is 1.07 bits per heavy atom. The SMILES string of the molecule is C[C@H](NC(=O)NC1(c2ccc(Br)cc2)CCC1)c1ccc2c(c1)OCCO2. The van der Waals surface area contributed by atoms with Crippen LogP contribution in [0.15, 0.2) is 46.9 Å². The Hall–Kier alpha value is -2.21. The molecule has 2 aromatic carbocycles. The zero-order chi connectivity index (χ0) is 18.9. The molecule has 5 nitrogen and oxygen atoms in total. The van der Waals surface area contributed by atoms with E-state index in [0.29, 0.717) is 13.2 Å². The zero-order valence-electron chi connectivity index (χ0n) is 15.3. The van der Waals surface area contributed by atoms with Crippen LogP contribution in [0.2, 0.25) is 0 Å². The minimum Gasteiger partial charge on any atom is -0.486 e. The van der Waals surface area contributed by atoms with E-state index in [1.165, 1.54) is 0 Å². The van der Waals surface area contributed by atoms with Gasteiger partial charge in [-0.3, -0.25) is 0 Å². The molecule has 0 spiro atoms. The van der Waals surface area contributed by atoms with E-state index in [-0.39, 0.29) is 17.6 Å². The number of halogens is 1. The van der Waals surface area contributed by atoms with Crippen molar-refractivity contribution in [2.24, 2.45) is 0 Å². The summed E-state index contributed by atoms with van der Waals surface area (Å²) < 4.78 is 12.2. The fourth-order valence-electron chi connectivity index (χ4n) is 3.65. The Morgan fingerprint density at radius 3 is 2.44 bits per heavy atom. The summed E-state index contributed by atoms with van der Waals surface area (Å²) in [6.45, 7) is 3.09. The second kappa shape index (κ2) is 7.43. The van der Waals surface area contributed by atoms with Gasteiger partial charge in [0.05, 0.1) is 11.6 Å². The number of ether oxygens (including phenoxy) is 2. The van der Waals surface area contributed by atoms with Crippen LogP contribution in [0.4, 0.5) is 4.79 Å². The lowest BCUT2D eigenvalue weighted by atomic mass is 9.72. The summed E-state index contributed by atoms with van der Waals surface area (Å²) in [6, 6.07) is 13.7. The van der Waals surface area contributed by atoms with E-state index in [1.807, 2.05) is 37.3 Å². The number of urea groups is 1. The van der Waals surface area contributed by atoms with Gasteiger partial charge >= 0.3 is 6.03 Å². The molecule has 2 aliphatic rings. The number of hydrogen-bond donors (Lipinski definition) is 2. The van der Waals surface area contributed by atoms with Gasteiger partial charge in [-0.1, -0.05) is 34.1 Å². The number of rotatable bonds is 4. The van der Waals surface area contributed by atoms with E-state index in [9.17, 15) is 4.79 Å². The van der Waals surface area contributed by atoms with Gasteiger partial charge in [-0.15, -0.1) is 0 Å². The molecule has 1 aliphatic heterocycles. The lowest BCUT2D eigenvalue weighted by Crippen LogP contribution is -2.54. The minimum absolute atomic E-state index is 0.136. The summed E-state index contributed by atoms with van der Waals surface area (Å²) >= 11 is 3.47. The summed E-state index contributed by atoms with van der Waals surface area (Å²) in [4.78, 5) is 12.7. The van der Waals surface area contributed by atoms with Gasteiger partial charge in [-0.25, -0.2) is 4.79 Å². The van der Waals surface area contributed by atoms with E-state index in [1.54, 1.807) is 0 Å². The van der Waals surface area contributed by atoms with Crippen LogP contribution in [0.1, 0.15) is 43.4 Å². The largest absolute Gasteiger partial charge is 0.486 e. The first-order valence-corrected chi connectivity index (χ1v) is 10.1. The van der Waals surface area contributed by atoms with Crippen LogP contribution in [0.3, 0.4) is 0 Å². The molecule has 0 saturated heterocycles. The molecule has 0 aromatic heterocycles. The van der Waals surface area contributed by atoms with E-state index in [4.69, 9.17) is 9.47 Å². The number of hydrogen-bond acceptors (Lipinski definition) is 3. The molecular weight excluding hydrogens is 408 g/mol. The van der Waals surface area contributed by atoms with Crippen LogP contribution in [0.25, 0.3) is 0 Å². The Balaban J connectivity index is 1.43. The van der Waals surface area contributed by atoms with Gasteiger partial charge in [0.1, 0.15) is 13.2 Å². The van der Waals surface area contributed by atoms with E-state index >= 15 is 0 Å². The number of benzene rings is 2. The van der Waals surface area contributed by atoms with E-state index in [0.717, 1.165) is 46.4 Å². The molecule has 0 radical (unpaired) electrons. The van der Waals surface area contributed by atoms with Crippen molar-refractivity contribution < 1.29 is 14.3 Å². The van der Waals surface area contributed by atoms with Gasteiger partial charge in [-0.2, -0.15) is 0 Å². The average molecular weight is 431 g/mol. The van der Waals surface area contributed by atoms with Crippen molar-refractivity contribution >= 4 is 22.0 Å². The number of carbonyl (C=O) groups excluding carboxylic acids is 1. The van der Waals surface area contributed by atoms with Crippen LogP contribution in [0, 0.1) is 0 Å². The molecule has 4 rings (SSSR count). The van der Waals surface area contributed by atoms with Gasteiger partial charge in [-0.05, 0) is 61.6 Å². The van der Waals surface area contributed by atoms with Crippen LogP contribution >= 0.6 is 15.9 Å². The van der Waals surface area contributed by atoms with Crippen LogP contribution in [-0.2, 0) is 5.54 Å². The summed E-state index contributed by atoms with van der Waals surface area (Å²) in [6.07, 6.45) is 3.04. The zero-order valence-corrected chi connectivity index (χ0v) is 16.8. The third-order valence-electron chi connectivity index (χ3n) is 5.37. The summed E-state index contributed by atoms with van der Waals surface area (Å²) in [5, 5.41) is 6.26. The molecule has 0 unspecified atom stereocenters. The van der Waals surface area contributed by atoms with Crippen molar-refractivity contribution in [3.05, 3.63) is 58.1 Å². The Kier molecular flexibility index (Phi) is 5.00. The second-order valence-corrected chi connectivity index (χ2v) is 8.08. The molecule has 6 heteroatoms. The van der Waals surface area contributed by atoms with Crippen LogP contribution < -0.4 is 20.1 Å². The van der Waals surface area contributed by atoms with Crippen LogP contribution in [-0.4, -0.2) is 19.2 Å². The topological polar surface area (TPSA) is 59.6 Å². The Labute approximate surface area is 167 Å². The highest BCUT2D eigenvalue weighted by atomic mass is 79.9. The summed E-state index contributed by atoms with van der Waals surface area (Å²) in [7, 11) is 0. The molecular formula is C21H23BrN2O3. The maximum Gasteiger partial charge on any atom is 0.315 e. The third kappa shape index (κ3) is 3.76. The molecule has 142 valence electrons. The lowest BCUT2D eigenvalue weighted by Gasteiger charge is -2.43. The summed E-state index contributed by atoms with van der Waals surface area (Å²) in [5.41, 5.74) is 1.87. The second-order valence-electron chi connectivity index (χ2n) is 7.17. The Morgan fingerprint density at radius 2 is 1.78 bits per heavy atom. The average Bonchev–Trinajstić information content (AvgIpc) is 2.65. The quantitative estimate of drug-likeness (QED) is 0.741. The molecule has 2 amide bonds. The fraction of sp³-hybridized carbons (Fsp3) is 0.381. The third-order valence-corrected chi connectivity index (χ3v) is 5.90. The lowest BCUT2D eigenvalue weighted by molar-refractivity contribution is 0.171. The van der Waals surface area contributed by atoms with Gasteiger partial charge in [0.25, 0.3) is 0 Å². The highest BCUT2D eigenvalue weighted by Gasteiger charge is 2.40. The van der Waals surface area contributed by atoms with Crippen molar-refractivity contribution in [2.75, 3.05) is 13.2 Å². The highest BCUT2D eigenvalue weighted by Crippen LogP contribution is 2.41. The molecule has 2 N–H and O–H groups in total. The van der Waals surface area contributed by atoms with Gasteiger partial charge in [0, 0.05) is 4.47 Å². The number of carbonyl (C=O) groups is 1. The van der Waals surface area contributed by atoms with Crippen molar-refractivity contribution in [3.8, 4) is 11.5 Å². The molecule has 1 saturated carbocycles. The normalized spacial score (nSPS) is 18.1. The first kappa shape index (κ1) is 18.2. The van der Waals surface area contributed by atoms with Gasteiger partial charge in [0.15, 0.2) is 11.5 Å². The molecule has 1 fully saturated rings. The molecule has 2 aromatic rings. The van der Waals surface area contributed by atoms with Gasteiger partial charge in [0.2, 0.25) is 0 Å². The van der Waals surface area contributed by atoms with Crippen molar-refractivity contribution in [2.45, 2.75) is 37.8 Å². The first-order chi connectivity index (χ1) is 13.1. The molecule has 27 heavy (non-hydrogen) atoms. The smallest absolute Gasteiger partial charge is 0.315 e. The van der Waals surface area contributed by atoms with E-state index < -0.39 is 0 Å². The van der Waals surface area contributed by atoms with Crippen molar-refractivity contribution in [3.63, 3.8) is 0 Å². The monoisotopic (exact) mass is 430 g/mol. The van der Waals surface area contributed by atoms with Crippen LogP contribution in [0.5, 0.6) is 11.5 Å². The number of amides is 2.